The number of nitrogens with one attached hydrogen (secondary N) is 1. The summed E-state index contributed by atoms with van der Waals surface area (Å²) in [5.41, 5.74) is 5.85. The van der Waals surface area contributed by atoms with Crippen LogP contribution < -0.4 is 4.74 Å². The fourth-order valence-electron chi connectivity index (χ4n) is 4.16. The van der Waals surface area contributed by atoms with E-state index in [2.05, 4.69) is 70.5 Å². The number of rotatable bonds is 1. The molecule has 0 radical (unpaired) electrons. The van der Waals surface area contributed by atoms with Crippen LogP contribution in [0, 0.1) is 0 Å². The Bertz CT molecular complexity index is 1260. The Labute approximate surface area is 180 Å². The zero-order valence-corrected chi connectivity index (χ0v) is 18.2. The van der Waals surface area contributed by atoms with E-state index >= 15 is 0 Å². The minimum atomic E-state index is -0.0370. The highest BCUT2D eigenvalue weighted by atomic mass is 16.5. The van der Waals surface area contributed by atoms with Crippen molar-refractivity contribution >= 4 is 23.1 Å². The standard InChI is InChI=1S/C23H26N6O2/c1-5-19-16-7-9-21-17-10-15(6-8-20(17)25-26-21)18-11-24-29(4)23(18)30-14(2)12-28(3)13-22(16)31-27-19/h6-11,14H,5,12-13H2,1-4H3,(H,25,26)/b9-7+. The molecule has 5 rings (SSSR count). The van der Waals surface area contributed by atoms with E-state index in [1.807, 2.05) is 19.3 Å². The molecule has 3 aromatic heterocycles. The molecule has 1 aliphatic rings. The minimum absolute atomic E-state index is 0.0370. The van der Waals surface area contributed by atoms with Gasteiger partial charge in [-0.1, -0.05) is 18.1 Å². The van der Waals surface area contributed by atoms with Gasteiger partial charge in [0.1, 0.15) is 6.10 Å². The summed E-state index contributed by atoms with van der Waals surface area (Å²) in [7, 11) is 3.96. The predicted octanol–water partition coefficient (Wildman–Crippen LogP) is 3.90. The van der Waals surface area contributed by atoms with Gasteiger partial charge in [0.2, 0.25) is 5.88 Å². The van der Waals surface area contributed by atoms with Gasteiger partial charge in [-0.25, -0.2) is 4.68 Å². The number of likely N-dealkylation sites (N-methyl/N-ethyl adjacent to an activating group) is 1. The summed E-state index contributed by atoms with van der Waals surface area (Å²) in [6, 6.07) is 6.21. The third-order valence-corrected chi connectivity index (χ3v) is 5.70. The molecule has 1 N–H and O–H groups in total. The summed E-state index contributed by atoms with van der Waals surface area (Å²) < 4.78 is 13.8. The van der Waals surface area contributed by atoms with Crippen molar-refractivity contribution in [2.45, 2.75) is 32.9 Å². The predicted molar refractivity (Wildman–Crippen MR) is 120 cm³/mol. The largest absolute Gasteiger partial charge is 0.473 e. The molecule has 0 spiro atoms. The van der Waals surface area contributed by atoms with Gasteiger partial charge in [-0.05, 0) is 50.2 Å². The minimum Gasteiger partial charge on any atom is -0.473 e. The van der Waals surface area contributed by atoms with Crippen LogP contribution in [0.1, 0.15) is 36.6 Å². The number of hydrogen-bond acceptors (Lipinski definition) is 6. The number of benzene rings is 1. The molecule has 0 saturated heterocycles. The second-order valence-electron chi connectivity index (χ2n) is 8.13. The molecule has 1 aliphatic heterocycles. The van der Waals surface area contributed by atoms with Crippen LogP contribution in [0.4, 0.5) is 0 Å². The van der Waals surface area contributed by atoms with Gasteiger partial charge in [0, 0.05) is 24.5 Å². The van der Waals surface area contributed by atoms with E-state index in [0.717, 1.165) is 63.6 Å². The van der Waals surface area contributed by atoms with Crippen molar-refractivity contribution in [2.24, 2.45) is 7.05 Å². The molecule has 4 heterocycles. The van der Waals surface area contributed by atoms with E-state index in [9.17, 15) is 0 Å². The maximum atomic E-state index is 6.35. The molecule has 8 nitrogen and oxygen atoms in total. The van der Waals surface area contributed by atoms with E-state index in [0.29, 0.717) is 6.54 Å². The van der Waals surface area contributed by atoms with Crippen molar-refractivity contribution in [2.75, 3.05) is 13.6 Å². The highest BCUT2D eigenvalue weighted by Gasteiger charge is 2.20. The van der Waals surface area contributed by atoms with Crippen molar-refractivity contribution in [3.63, 3.8) is 0 Å². The summed E-state index contributed by atoms with van der Waals surface area (Å²) in [5.74, 6) is 1.60. The lowest BCUT2D eigenvalue weighted by molar-refractivity contribution is 0.142. The lowest BCUT2D eigenvalue weighted by atomic mass is 10.0. The number of aromatic amines is 1. The van der Waals surface area contributed by atoms with Gasteiger partial charge in [0.05, 0.1) is 35.2 Å². The quantitative estimate of drug-likeness (QED) is 0.505. The van der Waals surface area contributed by atoms with E-state index in [1.54, 1.807) is 4.68 Å². The lowest BCUT2D eigenvalue weighted by Crippen LogP contribution is -2.31. The Morgan fingerprint density at radius 2 is 2.10 bits per heavy atom. The number of H-pyrrole nitrogens is 1. The molecular formula is C23H26N6O2. The lowest BCUT2D eigenvalue weighted by Gasteiger charge is -2.22. The summed E-state index contributed by atoms with van der Waals surface area (Å²) >= 11 is 0. The summed E-state index contributed by atoms with van der Waals surface area (Å²) in [4.78, 5) is 2.19. The van der Waals surface area contributed by atoms with Crippen LogP contribution in [0.25, 0.3) is 34.2 Å². The molecule has 1 atom stereocenters. The Kier molecular flexibility index (Phi) is 4.86. The van der Waals surface area contributed by atoms with E-state index in [4.69, 9.17) is 9.26 Å². The van der Waals surface area contributed by atoms with Crippen molar-refractivity contribution in [3.05, 3.63) is 47.1 Å². The third kappa shape index (κ3) is 3.53. The molecule has 1 aromatic carbocycles. The van der Waals surface area contributed by atoms with Gasteiger partial charge < -0.3 is 9.26 Å². The Balaban J connectivity index is 1.68. The molecule has 1 unspecified atom stereocenters. The van der Waals surface area contributed by atoms with Crippen molar-refractivity contribution < 1.29 is 9.26 Å². The van der Waals surface area contributed by atoms with Crippen LogP contribution in [0.15, 0.2) is 28.9 Å². The van der Waals surface area contributed by atoms with Gasteiger partial charge in [-0.3, -0.25) is 10.00 Å². The van der Waals surface area contributed by atoms with Gasteiger partial charge >= 0.3 is 0 Å². The van der Waals surface area contributed by atoms with Crippen molar-refractivity contribution in [1.29, 1.82) is 0 Å². The van der Waals surface area contributed by atoms with Crippen LogP contribution in [-0.2, 0) is 20.0 Å². The van der Waals surface area contributed by atoms with E-state index in [1.165, 1.54) is 0 Å². The van der Waals surface area contributed by atoms with Gasteiger partial charge in [0.15, 0.2) is 5.76 Å². The second kappa shape index (κ2) is 7.70. The normalized spacial score (nSPS) is 18.3. The molecular weight excluding hydrogens is 392 g/mol. The molecule has 0 fully saturated rings. The Morgan fingerprint density at radius 1 is 1.23 bits per heavy atom. The first-order valence-electron chi connectivity index (χ1n) is 10.5. The fraction of sp³-hybridized carbons (Fsp3) is 0.348. The zero-order valence-electron chi connectivity index (χ0n) is 18.2. The zero-order chi connectivity index (χ0) is 21.5. The highest BCUT2D eigenvalue weighted by Crippen LogP contribution is 2.33. The first-order valence-corrected chi connectivity index (χ1v) is 10.5. The molecule has 31 heavy (non-hydrogen) atoms. The van der Waals surface area contributed by atoms with Crippen molar-refractivity contribution in [1.82, 2.24) is 30.0 Å². The maximum absolute atomic E-state index is 6.35. The van der Waals surface area contributed by atoms with Gasteiger partial charge in [0.25, 0.3) is 0 Å². The molecule has 0 aliphatic carbocycles. The number of nitrogens with zero attached hydrogens (tertiary/aromatic N) is 5. The molecule has 0 amide bonds. The summed E-state index contributed by atoms with van der Waals surface area (Å²) in [6.45, 7) is 5.54. The third-order valence-electron chi connectivity index (χ3n) is 5.70. The molecule has 0 saturated carbocycles. The maximum Gasteiger partial charge on any atom is 0.219 e. The first kappa shape index (κ1) is 19.6. The summed E-state index contributed by atoms with van der Waals surface area (Å²) in [5, 5.41) is 17.4. The number of aryl methyl sites for hydroxylation is 2. The number of aromatic nitrogens is 5. The average Bonchev–Trinajstić information content (AvgIpc) is 3.43. The number of hydrogen-bond donors (Lipinski definition) is 1. The van der Waals surface area contributed by atoms with Crippen LogP contribution in [-0.4, -0.2) is 49.7 Å². The summed E-state index contributed by atoms with van der Waals surface area (Å²) in [6.07, 6.45) is 6.76. The average molecular weight is 419 g/mol. The van der Waals surface area contributed by atoms with E-state index in [-0.39, 0.29) is 6.10 Å². The molecule has 4 aromatic rings. The van der Waals surface area contributed by atoms with E-state index < -0.39 is 0 Å². The Morgan fingerprint density at radius 3 is 2.94 bits per heavy atom. The molecule has 2 bridgehead atoms. The van der Waals surface area contributed by atoms with Crippen LogP contribution >= 0.6 is 0 Å². The first-order chi connectivity index (χ1) is 15.0. The van der Waals surface area contributed by atoms with Gasteiger partial charge in [-0.15, -0.1) is 0 Å². The van der Waals surface area contributed by atoms with Crippen LogP contribution in [0.5, 0.6) is 5.88 Å². The highest BCUT2D eigenvalue weighted by molar-refractivity contribution is 5.93. The monoisotopic (exact) mass is 418 g/mol. The molecule has 8 heteroatoms. The van der Waals surface area contributed by atoms with Gasteiger partial charge in [-0.2, -0.15) is 10.2 Å². The number of ether oxygens (including phenoxy) is 1. The topological polar surface area (TPSA) is 85.0 Å². The SMILES string of the molecule is CCc1noc2c1/C=C/c1[nH]nc3ccc(cc13)-c1cnn(C)c1OC(C)CN(C)C2. The Hall–Kier alpha value is -3.39. The fourth-order valence-corrected chi connectivity index (χ4v) is 4.16. The second-order valence-corrected chi connectivity index (χ2v) is 8.13. The van der Waals surface area contributed by atoms with Crippen LogP contribution in [0.3, 0.4) is 0 Å². The molecule has 160 valence electrons. The van der Waals surface area contributed by atoms with Crippen molar-refractivity contribution in [3.8, 4) is 17.0 Å². The smallest absolute Gasteiger partial charge is 0.219 e. The van der Waals surface area contributed by atoms with Crippen LogP contribution in [0.2, 0.25) is 0 Å². The number of fused-ring (bicyclic) bond motifs is 4.